The van der Waals surface area contributed by atoms with Crippen molar-refractivity contribution in [3.63, 3.8) is 0 Å². The lowest BCUT2D eigenvalue weighted by Crippen LogP contribution is -2.03. The van der Waals surface area contributed by atoms with Crippen LogP contribution in [0.25, 0.3) is 0 Å². The Bertz CT molecular complexity index is 226. The molecule has 1 aromatic carbocycles. The van der Waals surface area contributed by atoms with Gasteiger partial charge in [-0.3, -0.25) is 0 Å². The summed E-state index contributed by atoms with van der Waals surface area (Å²) in [6.45, 7) is 1.31. The van der Waals surface area contributed by atoms with Gasteiger partial charge in [-0.05, 0) is 12.5 Å². The van der Waals surface area contributed by atoms with Crippen LogP contribution in [0.2, 0.25) is 0 Å². The molecule has 72 valence electrons. The van der Waals surface area contributed by atoms with Crippen molar-refractivity contribution in [2.75, 3.05) is 13.3 Å². The van der Waals surface area contributed by atoms with Gasteiger partial charge in [-0.1, -0.05) is 30.3 Å². The monoisotopic (exact) mass is 184 g/mol. The first-order chi connectivity index (χ1) is 6.34. The number of hydrogen-bond acceptors (Lipinski definition) is 2. The standard InChI is InChI=1S/C10H13FO2/c1-9(13-12-8-7-11)10-5-3-2-4-6-10/h2-6,9H,7-8H2,1H3. The van der Waals surface area contributed by atoms with Crippen LogP contribution in [0.1, 0.15) is 18.6 Å². The van der Waals surface area contributed by atoms with Crippen molar-refractivity contribution in [2.24, 2.45) is 0 Å². The second-order valence-electron chi connectivity index (χ2n) is 2.66. The highest BCUT2D eigenvalue weighted by Gasteiger charge is 2.04. The molecule has 1 aromatic rings. The zero-order valence-electron chi connectivity index (χ0n) is 7.57. The van der Waals surface area contributed by atoms with Crippen molar-refractivity contribution in [3.8, 4) is 0 Å². The zero-order chi connectivity index (χ0) is 9.52. The van der Waals surface area contributed by atoms with Crippen molar-refractivity contribution in [1.29, 1.82) is 0 Å². The van der Waals surface area contributed by atoms with Crippen LogP contribution in [0.15, 0.2) is 30.3 Å². The molecule has 13 heavy (non-hydrogen) atoms. The summed E-state index contributed by atoms with van der Waals surface area (Å²) in [5, 5.41) is 0. The third kappa shape index (κ3) is 3.53. The lowest BCUT2D eigenvalue weighted by Gasteiger charge is -2.10. The smallest absolute Gasteiger partial charge is 0.116 e. The van der Waals surface area contributed by atoms with E-state index < -0.39 is 6.67 Å². The predicted molar refractivity (Wildman–Crippen MR) is 47.9 cm³/mol. The molecule has 0 amide bonds. The van der Waals surface area contributed by atoms with Gasteiger partial charge in [0.05, 0.1) is 0 Å². The summed E-state index contributed by atoms with van der Waals surface area (Å²) in [7, 11) is 0. The van der Waals surface area contributed by atoms with Gasteiger partial charge in [0.15, 0.2) is 0 Å². The van der Waals surface area contributed by atoms with Gasteiger partial charge in [0, 0.05) is 0 Å². The quantitative estimate of drug-likeness (QED) is 0.398. The van der Waals surface area contributed by atoms with Gasteiger partial charge >= 0.3 is 0 Å². The normalized spacial score (nSPS) is 12.8. The number of hydrogen-bond donors (Lipinski definition) is 0. The number of rotatable bonds is 5. The van der Waals surface area contributed by atoms with Gasteiger partial charge in [0.2, 0.25) is 0 Å². The first-order valence-electron chi connectivity index (χ1n) is 4.24. The SMILES string of the molecule is CC(OOCCF)c1ccccc1. The molecule has 0 fully saturated rings. The van der Waals surface area contributed by atoms with Gasteiger partial charge in [-0.25, -0.2) is 14.2 Å². The molecule has 0 aliphatic rings. The van der Waals surface area contributed by atoms with Crippen LogP contribution in [0.5, 0.6) is 0 Å². The second-order valence-corrected chi connectivity index (χ2v) is 2.66. The highest BCUT2D eigenvalue weighted by atomic mass is 19.1. The maximum atomic E-state index is 11.6. The minimum atomic E-state index is -0.526. The Labute approximate surface area is 77.2 Å². The van der Waals surface area contributed by atoms with Crippen LogP contribution < -0.4 is 0 Å². The van der Waals surface area contributed by atoms with E-state index in [1.165, 1.54) is 0 Å². The van der Waals surface area contributed by atoms with Crippen molar-refractivity contribution in [2.45, 2.75) is 13.0 Å². The minimum absolute atomic E-state index is 0.0167. The number of alkyl halides is 1. The van der Waals surface area contributed by atoms with Crippen molar-refractivity contribution in [1.82, 2.24) is 0 Å². The van der Waals surface area contributed by atoms with E-state index in [4.69, 9.17) is 4.89 Å². The third-order valence-electron chi connectivity index (χ3n) is 1.64. The topological polar surface area (TPSA) is 18.5 Å². The van der Waals surface area contributed by atoms with E-state index in [-0.39, 0.29) is 12.7 Å². The van der Waals surface area contributed by atoms with Crippen LogP contribution in [0.3, 0.4) is 0 Å². The van der Waals surface area contributed by atoms with E-state index in [1.54, 1.807) is 0 Å². The van der Waals surface area contributed by atoms with Gasteiger partial charge in [0.25, 0.3) is 0 Å². The number of halogens is 1. The molecule has 1 atom stereocenters. The van der Waals surface area contributed by atoms with Crippen molar-refractivity contribution in [3.05, 3.63) is 35.9 Å². The fourth-order valence-corrected chi connectivity index (χ4v) is 0.961. The molecule has 0 aliphatic heterocycles. The maximum absolute atomic E-state index is 11.6. The molecule has 1 rings (SSSR count). The summed E-state index contributed by atoms with van der Waals surface area (Å²) in [5.74, 6) is 0. The molecule has 0 N–H and O–H groups in total. The van der Waals surface area contributed by atoms with E-state index in [9.17, 15) is 4.39 Å². The fraction of sp³-hybridized carbons (Fsp3) is 0.400. The van der Waals surface area contributed by atoms with E-state index in [1.807, 2.05) is 37.3 Å². The summed E-state index contributed by atoms with van der Waals surface area (Å²) in [6, 6.07) is 9.64. The Balaban J connectivity index is 2.35. The molecule has 0 bridgehead atoms. The summed E-state index contributed by atoms with van der Waals surface area (Å²) >= 11 is 0. The Morgan fingerprint density at radius 1 is 1.31 bits per heavy atom. The molecule has 0 saturated heterocycles. The van der Waals surface area contributed by atoms with E-state index >= 15 is 0 Å². The first kappa shape index (κ1) is 10.2. The maximum Gasteiger partial charge on any atom is 0.116 e. The van der Waals surface area contributed by atoms with Crippen LogP contribution in [0.4, 0.5) is 4.39 Å². The molecule has 0 radical (unpaired) electrons. The number of benzene rings is 1. The lowest BCUT2D eigenvalue weighted by molar-refractivity contribution is -0.324. The Morgan fingerprint density at radius 2 is 2.00 bits per heavy atom. The lowest BCUT2D eigenvalue weighted by atomic mass is 10.1. The average molecular weight is 184 g/mol. The molecule has 0 saturated carbocycles. The molecule has 2 nitrogen and oxygen atoms in total. The molecule has 0 aromatic heterocycles. The highest BCUT2D eigenvalue weighted by molar-refractivity contribution is 5.16. The van der Waals surface area contributed by atoms with E-state index in [2.05, 4.69) is 4.89 Å². The summed E-state index contributed by atoms with van der Waals surface area (Å²) in [5.41, 5.74) is 1.02. The Morgan fingerprint density at radius 3 is 2.62 bits per heavy atom. The van der Waals surface area contributed by atoms with Gasteiger partial charge in [-0.15, -0.1) is 0 Å². The summed E-state index contributed by atoms with van der Waals surface area (Å²) < 4.78 is 11.6. The molecular weight excluding hydrogens is 171 g/mol. The Kier molecular flexibility index (Phi) is 4.43. The van der Waals surface area contributed by atoms with E-state index in [0.717, 1.165) is 5.56 Å². The van der Waals surface area contributed by atoms with Crippen LogP contribution >= 0.6 is 0 Å². The van der Waals surface area contributed by atoms with Crippen LogP contribution in [-0.2, 0) is 9.78 Å². The minimum Gasteiger partial charge on any atom is -0.248 e. The summed E-state index contributed by atoms with van der Waals surface area (Å²) in [4.78, 5) is 9.55. The summed E-state index contributed by atoms with van der Waals surface area (Å²) in [6.07, 6.45) is -0.159. The van der Waals surface area contributed by atoms with Crippen LogP contribution in [-0.4, -0.2) is 13.3 Å². The van der Waals surface area contributed by atoms with Crippen molar-refractivity contribution >= 4 is 0 Å². The molecule has 0 aliphatic carbocycles. The molecular formula is C10H13FO2. The van der Waals surface area contributed by atoms with Crippen LogP contribution in [0, 0.1) is 0 Å². The zero-order valence-corrected chi connectivity index (χ0v) is 7.57. The molecule has 3 heteroatoms. The van der Waals surface area contributed by atoms with Gasteiger partial charge in [-0.2, -0.15) is 0 Å². The van der Waals surface area contributed by atoms with E-state index in [0.29, 0.717) is 0 Å². The Hall–Kier alpha value is -0.930. The average Bonchev–Trinajstić information content (AvgIpc) is 2.19. The van der Waals surface area contributed by atoms with Crippen molar-refractivity contribution < 1.29 is 14.2 Å². The van der Waals surface area contributed by atoms with Gasteiger partial charge in [0.1, 0.15) is 19.4 Å². The predicted octanol–water partition coefficient (Wildman–Crippen LogP) is 2.67. The third-order valence-corrected chi connectivity index (χ3v) is 1.64. The fourth-order valence-electron chi connectivity index (χ4n) is 0.961. The largest absolute Gasteiger partial charge is 0.248 e. The second kappa shape index (κ2) is 5.67. The highest BCUT2D eigenvalue weighted by Crippen LogP contribution is 2.15. The molecule has 1 unspecified atom stereocenters. The first-order valence-corrected chi connectivity index (χ1v) is 4.24. The van der Waals surface area contributed by atoms with Gasteiger partial charge < -0.3 is 0 Å². The molecule has 0 heterocycles. The molecule has 0 spiro atoms.